The van der Waals surface area contributed by atoms with Gasteiger partial charge in [0, 0.05) is 19.3 Å². The van der Waals surface area contributed by atoms with Crippen LogP contribution in [0.15, 0.2) is 72.9 Å². The van der Waals surface area contributed by atoms with E-state index in [4.69, 9.17) is 14.2 Å². The molecule has 0 aromatic carbocycles. The van der Waals surface area contributed by atoms with Crippen molar-refractivity contribution in [2.45, 2.75) is 367 Å². The Bertz CT molecular complexity index is 1470. The standard InChI is InChI=1S/C74H132O6/c1-4-7-10-13-16-19-22-25-28-30-32-34-36-37-39-40-42-44-46-49-52-55-58-61-64-67-73(76)79-70-71(69-78-72(75)66-63-60-57-54-51-48-27-24-21-18-15-12-9-6-3)80-74(77)68-65-62-59-56-53-50-47-45-43-41-38-35-33-31-29-26-23-20-17-14-11-8-5-2/h8,11,17,20,26,29,33,35,41,43,47,50,71H,4-7,9-10,12-16,18-19,21-25,27-28,30-32,34,36-40,42,44-46,48-49,51-70H2,1-3H3/b11-8-,20-17-,29-26-,35-33-,43-41-,50-47-. The molecule has 0 N–H and O–H groups in total. The summed E-state index contributed by atoms with van der Waals surface area (Å²) in [6.45, 7) is 6.57. The zero-order chi connectivity index (χ0) is 57.8. The van der Waals surface area contributed by atoms with Crippen molar-refractivity contribution in [3.8, 4) is 0 Å². The van der Waals surface area contributed by atoms with Gasteiger partial charge in [0.1, 0.15) is 13.2 Å². The molecule has 0 rings (SSSR count). The van der Waals surface area contributed by atoms with Crippen molar-refractivity contribution >= 4 is 17.9 Å². The lowest BCUT2D eigenvalue weighted by Gasteiger charge is -2.18. The SMILES string of the molecule is CC/C=C\C/C=C\C/C=C\C/C=C\C/C=C\C/C=C\CCCCCCC(=O)OC(COC(=O)CCCCCCCCCCCCCCCC)COC(=O)CCCCCCCCCCCCCCCCCCCCCCCCCCC. The van der Waals surface area contributed by atoms with E-state index < -0.39 is 6.10 Å². The van der Waals surface area contributed by atoms with Gasteiger partial charge in [-0.15, -0.1) is 0 Å². The van der Waals surface area contributed by atoms with E-state index in [9.17, 15) is 14.4 Å². The van der Waals surface area contributed by atoms with Crippen LogP contribution in [0.4, 0.5) is 0 Å². The summed E-state index contributed by atoms with van der Waals surface area (Å²) in [6.07, 6.45) is 89.3. The Morgan fingerprint density at radius 3 is 0.762 bits per heavy atom. The first-order valence-electron chi connectivity index (χ1n) is 34.9. The van der Waals surface area contributed by atoms with Crippen molar-refractivity contribution in [2.75, 3.05) is 13.2 Å². The normalized spacial score (nSPS) is 12.5. The second-order valence-corrected chi connectivity index (χ2v) is 23.4. The quantitative estimate of drug-likeness (QED) is 0.0261. The number of carbonyl (C=O) groups excluding carboxylic acids is 3. The van der Waals surface area contributed by atoms with Gasteiger partial charge in [-0.3, -0.25) is 14.4 Å². The highest BCUT2D eigenvalue weighted by Gasteiger charge is 2.19. The molecule has 6 nitrogen and oxygen atoms in total. The van der Waals surface area contributed by atoms with E-state index in [2.05, 4.69) is 93.7 Å². The van der Waals surface area contributed by atoms with Gasteiger partial charge in [0.25, 0.3) is 0 Å². The molecule has 80 heavy (non-hydrogen) atoms. The van der Waals surface area contributed by atoms with E-state index in [1.807, 2.05) is 0 Å². The molecule has 0 spiro atoms. The third-order valence-corrected chi connectivity index (χ3v) is 15.5. The molecule has 6 heteroatoms. The maximum Gasteiger partial charge on any atom is 0.306 e. The fourth-order valence-corrected chi connectivity index (χ4v) is 10.3. The van der Waals surface area contributed by atoms with Gasteiger partial charge in [0.05, 0.1) is 0 Å². The predicted molar refractivity (Wildman–Crippen MR) is 348 cm³/mol. The summed E-state index contributed by atoms with van der Waals surface area (Å²) >= 11 is 0. The molecule has 0 aromatic heterocycles. The smallest absolute Gasteiger partial charge is 0.306 e. The summed E-state index contributed by atoms with van der Waals surface area (Å²) in [5, 5.41) is 0. The van der Waals surface area contributed by atoms with Crippen molar-refractivity contribution in [1.29, 1.82) is 0 Å². The van der Waals surface area contributed by atoms with Gasteiger partial charge >= 0.3 is 17.9 Å². The fraction of sp³-hybridized carbons (Fsp3) is 0.797. The van der Waals surface area contributed by atoms with Gasteiger partial charge in [-0.1, -0.05) is 344 Å². The van der Waals surface area contributed by atoms with Crippen LogP contribution in [0, 0.1) is 0 Å². The maximum absolute atomic E-state index is 12.9. The van der Waals surface area contributed by atoms with E-state index in [0.717, 1.165) is 109 Å². The Morgan fingerprint density at radius 1 is 0.263 bits per heavy atom. The molecule has 0 aliphatic heterocycles. The number of carbonyl (C=O) groups is 3. The summed E-state index contributed by atoms with van der Waals surface area (Å²) in [4.78, 5) is 38.4. The van der Waals surface area contributed by atoms with Crippen LogP contribution in [-0.4, -0.2) is 37.2 Å². The monoisotopic (exact) mass is 1120 g/mol. The third-order valence-electron chi connectivity index (χ3n) is 15.5. The average molecular weight is 1120 g/mol. The Hall–Kier alpha value is -3.15. The van der Waals surface area contributed by atoms with E-state index >= 15 is 0 Å². The molecule has 0 fully saturated rings. The molecule has 0 aliphatic carbocycles. The molecule has 0 amide bonds. The first-order valence-corrected chi connectivity index (χ1v) is 34.9. The lowest BCUT2D eigenvalue weighted by atomic mass is 10.0. The van der Waals surface area contributed by atoms with Crippen LogP contribution in [0.2, 0.25) is 0 Å². The molecule has 0 bridgehead atoms. The minimum Gasteiger partial charge on any atom is -0.462 e. The lowest BCUT2D eigenvalue weighted by molar-refractivity contribution is -0.167. The van der Waals surface area contributed by atoms with Gasteiger partial charge in [-0.25, -0.2) is 0 Å². The van der Waals surface area contributed by atoms with Crippen LogP contribution >= 0.6 is 0 Å². The largest absolute Gasteiger partial charge is 0.462 e. The van der Waals surface area contributed by atoms with E-state index in [-0.39, 0.29) is 31.1 Å². The number of allylic oxidation sites excluding steroid dienone is 12. The van der Waals surface area contributed by atoms with Gasteiger partial charge in [0.15, 0.2) is 6.10 Å². The second-order valence-electron chi connectivity index (χ2n) is 23.4. The molecule has 0 aliphatic rings. The van der Waals surface area contributed by atoms with Crippen LogP contribution < -0.4 is 0 Å². The van der Waals surface area contributed by atoms with Crippen LogP contribution in [0.1, 0.15) is 361 Å². The third kappa shape index (κ3) is 65.7. The molecule has 464 valence electrons. The Labute approximate surface area is 497 Å². The van der Waals surface area contributed by atoms with Gasteiger partial charge in [-0.2, -0.15) is 0 Å². The second kappa shape index (κ2) is 68.3. The number of unbranched alkanes of at least 4 members (excludes halogenated alkanes) is 41. The number of ether oxygens (including phenoxy) is 3. The van der Waals surface area contributed by atoms with Crippen molar-refractivity contribution in [3.63, 3.8) is 0 Å². The van der Waals surface area contributed by atoms with Crippen molar-refractivity contribution in [2.24, 2.45) is 0 Å². The molecule has 0 aromatic rings. The number of hydrogen-bond acceptors (Lipinski definition) is 6. The zero-order valence-corrected chi connectivity index (χ0v) is 53.3. The summed E-state index contributed by atoms with van der Waals surface area (Å²) in [6, 6.07) is 0. The Balaban J connectivity index is 4.32. The molecular weight excluding hydrogens is 985 g/mol. The molecule has 0 radical (unpaired) electrons. The van der Waals surface area contributed by atoms with Crippen molar-refractivity contribution in [1.82, 2.24) is 0 Å². The van der Waals surface area contributed by atoms with Gasteiger partial charge < -0.3 is 14.2 Å². The molecule has 1 unspecified atom stereocenters. The average Bonchev–Trinajstić information content (AvgIpc) is 3.46. The number of rotatable bonds is 64. The van der Waals surface area contributed by atoms with Gasteiger partial charge in [0.2, 0.25) is 0 Å². The summed E-state index contributed by atoms with van der Waals surface area (Å²) in [5.41, 5.74) is 0. The van der Waals surface area contributed by atoms with Crippen LogP contribution in [-0.2, 0) is 28.6 Å². The van der Waals surface area contributed by atoms with E-state index in [1.54, 1.807) is 0 Å². The Morgan fingerprint density at radius 2 is 0.487 bits per heavy atom. The highest BCUT2D eigenvalue weighted by Crippen LogP contribution is 2.18. The van der Waals surface area contributed by atoms with E-state index in [1.165, 1.54) is 212 Å². The highest BCUT2D eigenvalue weighted by molar-refractivity contribution is 5.71. The minimum atomic E-state index is -0.788. The van der Waals surface area contributed by atoms with Crippen molar-refractivity contribution in [3.05, 3.63) is 72.9 Å². The first kappa shape index (κ1) is 76.9. The number of esters is 3. The van der Waals surface area contributed by atoms with Crippen LogP contribution in [0.25, 0.3) is 0 Å². The molecular formula is C74H132O6. The van der Waals surface area contributed by atoms with Crippen LogP contribution in [0.3, 0.4) is 0 Å². The summed E-state index contributed by atoms with van der Waals surface area (Å²) in [5.74, 6) is -0.884. The lowest BCUT2D eigenvalue weighted by Crippen LogP contribution is -2.30. The predicted octanol–water partition coefficient (Wildman–Crippen LogP) is 24.1. The molecule has 1 atom stereocenters. The molecule has 0 heterocycles. The maximum atomic E-state index is 12.9. The summed E-state index contributed by atoms with van der Waals surface area (Å²) < 4.78 is 17.0. The summed E-state index contributed by atoms with van der Waals surface area (Å²) in [7, 11) is 0. The zero-order valence-electron chi connectivity index (χ0n) is 53.3. The molecule has 0 saturated carbocycles. The van der Waals surface area contributed by atoms with Crippen LogP contribution in [0.5, 0.6) is 0 Å². The van der Waals surface area contributed by atoms with Gasteiger partial charge in [-0.05, 0) is 70.6 Å². The van der Waals surface area contributed by atoms with Crippen molar-refractivity contribution < 1.29 is 28.6 Å². The minimum absolute atomic E-state index is 0.0812. The Kier molecular flexibility index (Phi) is 65.7. The fourth-order valence-electron chi connectivity index (χ4n) is 10.3. The topological polar surface area (TPSA) is 78.9 Å². The highest BCUT2D eigenvalue weighted by atomic mass is 16.6. The molecule has 0 saturated heterocycles. The van der Waals surface area contributed by atoms with E-state index in [0.29, 0.717) is 19.3 Å². The number of hydrogen-bond donors (Lipinski definition) is 0. The first-order chi connectivity index (χ1) is 39.5.